The highest BCUT2D eigenvalue weighted by atomic mass is 14.9. The van der Waals surface area contributed by atoms with E-state index in [1.807, 2.05) is 0 Å². The van der Waals surface area contributed by atoms with Crippen molar-refractivity contribution in [3.05, 3.63) is 29.8 Å². The van der Waals surface area contributed by atoms with Crippen molar-refractivity contribution in [3.8, 4) is 0 Å². The highest BCUT2D eigenvalue weighted by molar-refractivity contribution is 5.46. The molecule has 1 aromatic rings. The van der Waals surface area contributed by atoms with Gasteiger partial charge in [-0.1, -0.05) is 46.8 Å². The summed E-state index contributed by atoms with van der Waals surface area (Å²) >= 11 is 0. The van der Waals surface area contributed by atoms with Crippen LogP contribution in [0, 0.1) is 5.92 Å². The van der Waals surface area contributed by atoms with Crippen LogP contribution in [-0.4, -0.2) is 12.6 Å². The normalized spacial score (nSPS) is 13.8. The topological polar surface area (TPSA) is 38.0 Å². The van der Waals surface area contributed by atoms with Crippen LogP contribution in [0.4, 0.5) is 5.69 Å². The summed E-state index contributed by atoms with van der Waals surface area (Å²) in [6.45, 7) is 11.7. The van der Waals surface area contributed by atoms with Gasteiger partial charge in [0, 0.05) is 18.3 Å². The molecule has 0 spiro atoms. The fraction of sp³-hybridized carbons (Fsp3) is 0.600. The molecule has 2 heteroatoms. The third-order valence-electron chi connectivity index (χ3n) is 3.16. The molecule has 2 nitrogen and oxygen atoms in total. The van der Waals surface area contributed by atoms with Crippen molar-refractivity contribution in [1.29, 1.82) is 0 Å². The van der Waals surface area contributed by atoms with E-state index >= 15 is 0 Å². The lowest BCUT2D eigenvalue weighted by Gasteiger charge is -2.23. The van der Waals surface area contributed by atoms with Gasteiger partial charge in [0.2, 0.25) is 0 Å². The molecule has 0 aliphatic rings. The minimum Gasteiger partial charge on any atom is -0.381 e. The number of nitrogens with two attached hydrogens (primary N) is 1. The predicted molar refractivity (Wildman–Crippen MR) is 76.4 cm³/mol. The van der Waals surface area contributed by atoms with Gasteiger partial charge in [0.05, 0.1) is 0 Å². The van der Waals surface area contributed by atoms with E-state index in [-0.39, 0.29) is 5.41 Å². The Bertz CT molecular complexity index is 333. The zero-order valence-corrected chi connectivity index (χ0v) is 11.7. The van der Waals surface area contributed by atoms with Crippen LogP contribution in [0.15, 0.2) is 24.3 Å². The molecule has 0 amide bonds. The maximum absolute atomic E-state index is 5.76. The molecule has 0 saturated heterocycles. The van der Waals surface area contributed by atoms with Crippen LogP contribution in [0.25, 0.3) is 0 Å². The van der Waals surface area contributed by atoms with E-state index < -0.39 is 0 Å². The van der Waals surface area contributed by atoms with Crippen LogP contribution in [0.1, 0.15) is 40.2 Å². The minimum absolute atomic E-state index is 0.212. The summed E-state index contributed by atoms with van der Waals surface area (Å²) in [5, 5.41) is 3.48. The molecular formula is C15H26N2. The van der Waals surface area contributed by atoms with E-state index in [1.54, 1.807) is 0 Å². The highest BCUT2D eigenvalue weighted by Gasteiger charge is 2.14. The molecule has 1 aromatic carbocycles. The fourth-order valence-corrected chi connectivity index (χ4v) is 1.78. The van der Waals surface area contributed by atoms with E-state index in [1.165, 1.54) is 5.56 Å². The van der Waals surface area contributed by atoms with Crippen molar-refractivity contribution in [3.63, 3.8) is 0 Å². The molecule has 0 aliphatic heterocycles. The van der Waals surface area contributed by atoms with Gasteiger partial charge in [0.1, 0.15) is 0 Å². The molecular weight excluding hydrogens is 208 g/mol. The summed E-state index contributed by atoms with van der Waals surface area (Å²) in [5.74, 6) is 0.544. The van der Waals surface area contributed by atoms with Gasteiger partial charge in [-0.05, 0) is 29.0 Å². The summed E-state index contributed by atoms with van der Waals surface area (Å²) in [6, 6.07) is 9.01. The van der Waals surface area contributed by atoms with Crippen molar-refractivity contribution >= 4 is 5.69 Å². The van der Waals surface area contributed by atoms with Crippen LogP contribution in [-0.2, 0) is 5.41 Å². The molecule has 0 bridgehead atoms. The Labute approximate surface area is 106 Å². The van der Waals surface area contributed by atoms with Crippen molar-refractivity contribution < 1.29 is 0 Å². The van der Waals surface area contributed by atoms with Gasteiger partial charge in [-0.25, -0.2) is 0 Å². The predicted octanol–water partition coefficient (Wildman–Crippen LogP) is 3.38. The van der Waals surface area contributed by atoms with Crippen LogP contribution in [0.3, 0.4) is 0 Å². The third-order valence-corrected chi connectivity index (χ3v) is 3.16. The average molecular weight is 234 g/mol. The summed E-state index contributed by atoms with van der Waals surface area (Å²) in [7, 11) is 0. The number of hydrogen-bond donors (Lipinski definition) is 2. The van der Waals surface area contributed by atoms with Crippen LogP contribution < -0.4 is 11.1 Å². The van der Waals surface area contributed by atoms with Crippen molar-refractivity contribution in [1.82, 2.24) is 0 Å². The summed E-state index contributed by atoms with van der Waals surface area (Å²) < 4.78 is 0. The first-order chi connectivity index (χ1) is 7.84. The molecule has 1 unspecified atom stereocenters. The first-order valence-electron chi connectivity index (χ1n) is 6.41. The smallest absolute Gasteiger partial charge is 0.0406 e. The lowest BCUT2D eigenvalue weighted by molar-refractivity contribution is 0.531. The molecule has 1 rings (SSSR count). The second-order valence-electron chi connectivity index (χ2n) is 6.06. The van der Waals surface area contributed by atoms with Crippen molar-refractivity contribution in [2.45, 2.75) is 46.1 Å². The second kappa shape index (κ2) is 5.54. The Morgan fingerprint density at radius 3 is 2.00 bits per heavy atom. The number of benzene rings is 1. The SMILES string of the molecule is CC(C)C(CN)Nc1ccc(C(C)(C)C)cc1. The fourth-order valence-electron chi connectivity index (χ4n) is 1.78. The summed E-state index contributed by atoms with van der Waals surface area (Å²) in [4.78, 5) is 0. The molecule has 0 radical (unpaired) electrons. The van der Waals surface area contributed by atoms with Crippen molar-refractivity contribution in [2.75, 3.05) is 11.9 Å². The van der Waals surface area contributed by atoms with E-state index in [4.69, 9.17) is 5.73 Å². The molecule has 0 aliphatic carbocycles. The molecule has 3 N–H and O–H groups in total. The van der Waals surface area contributed by atoms with E-state index in [0.717, 1.165) is 5.69 Å². The quantitative estimate of drug-likeness (QED) is 0.838. The Morgan fingerprint density at radius 2 is 1.65 bits per heavy atom. The number of nitrogens with one attached hydrogen (secondary N) is 1. The molecule has 0 aromatic heterocycles. The standard InChI is InChI=1S/C15H26N2/c1-11(2)14(10-16)17-13-8-6-12(7-9-13)15(3,4)5/h6-9,11,14,17H,10,16H2,1-5H3. The van der Waals surface area contributed by atoms with Crippen LogP contribution in [0.5, 0.6) is 0 Å². The highest BCUT2D eigenvalue weighted by Crippen LogP contribution is 2.24. The summed E-state index contributed by atoms with van der Waals surface area (Å²) in [5.41, 5.74) is 8.48. The van der Waals surface area contributed by atoms with Gasteiger partial charge in [-0.15, -0.1) is 0 Å². The van der Waals surface area contributed by atoms with E-state index in [0.29, 0.717) is 18.5 Å². The first kappa shape index (κ1) is 14.0. The largest absolute Gasteiger partial charge is 0.381 e. The zero-order chi connectivity index (χ0) is 13.1. The molecule has 0 saturated carbocycles. The monoisotopic (exact) mass is 234 g/mol. The van der Waals surface area contributed by atoms with Crippen molar-refractivity contribution in [2.24, 2.45) is 11.7 Å². The van der Waals surface area contributed by atoms with Gasteiger partial charge in [0.25, 0.3) is 0 Å². The van der Waals surface area contributed by atoms with E-state index in [9.17, 15) is 0 Å². The van der Waals surface area contributed by atoms with Gasteiger partial charge < -0.3 is 11.1 Å². The molecule has 0 heterocycles. The Balaban J connectivity index is 2.75. The third kappa shape index (κ3) is 4.04. The zero-order valence-electron chi connectivity index (χ0n) is 11.7. The average Bonchev–Trinajstić information content (AvgIpc) is 2.25. The lowest BCUT2D eigenvalue weighted by Crippen LogP contribution is -2.33. The van der Waals surface area contributed by atoms with Gasteiger partial charge >= 0.3 is 0 Å². The molecule has 0 fully saturated rings. The van der Waals surface area contributed by atoms with E-state index in [2.05, 4.69) is 64.2 Å². The van der Waals surface area contributed by atoms with Gasteiger partial charge in [-0.2, -0.15) is 0 Å². The molecule has 96 valence electrons. The maximum Gasteiger partial charge on any atom is 0.0406 e. The minimum atomic E-state index is 0.212. The van der Waals surface area contributed by atoms with Gasteiger partial charge in [0.15, 0.2) is 0 Å². The maximum atomic E-state index is 5.76. The van der Waals surface area contributed by atoms with Crippen LogP contribution in [0.2, 0.25) is 0 Å². The Kier molecular flexibility index (Phi) is 4.58. The Morgan fingerprint density at radius 1 is 1.12 bits per heavy atom. The van der Waals surface area contributed by atoms with Crippen LogP contribution >= 0.6 is 0 Å². The first-order valence-corrected chi connectivity index (χ1v) is 6.41. The Hall–Kier alpha value is -1.02. The summed E-state index contributed by atoms with van der Waals surface area (Å²) in [6.07, 6.45) is 0. The number of anilines is 1. The molecule has 17 heavy (non-hydrogen) atoms. The number of hydrogen-bond acceptors (Lipinski definition) is 2. The number of rotatable bonds is 4. The lowest BCUT2D eigenvalue weighted by atomic mass is 9.87. The second-order valence-corrected chi connectivity index (χ2v) is 6.06. The van der Waals surface area contributed by atoms with Gasteiger partial charge in [-0.3, -0.25) is 0 Å². The molecule has 1 atom stereocenters.